The maximum Gasteiger partial charge on any atom is 1.00 e. The monoisotopic (exact) mass is 168 g/mol. The fraction of sp³-hybridized carbons (Fsp3) is 1.00. The Labute approximate surface area is 107 Å². The molecule has 3 heteroatoms. The van der Waals surface area contributed by atoms with E-state index >= 15 is 0 Å². The van der Waals surface area contributed by atoms with Crippen LogP contribution in [-0.2, 0) is 0 Å². The molecular weight excluding hydrogens is 151 g/mol. The van der Waals surface area contributed by atoms with Gasteiger partial charge in [-0.25, -0.2) is 0 Å². The molecule has 0 aliphatic rings. The van der Waals surface area contributed by atoms with Gasteiger partial charge in [-0.05, 0) is 27.4 Å². The van der Waals surface area contributed by atoms with Gasteiger partial charge in [0.15, 0.2) is 0 Å². The molecule has 2 nitrogen and oxygen atoms in total. The van der Waals surface area contributed by atoms with E-state index in [9.17, 15) is 0 Å². The van der Waals surface area contributed by atoms with Crippen LogP contribution < -0.4 is 51.4 Å². The molecule has 10 heavy (non-hydrogen) atoms. The van der Waals surface area contributed by atoms with Crippen molar-refractivity contribution in [2.75, 3.05) is 27.2 Å². The predicted molar refractivity (Wildman–Crippen MR) is 41.9 cm³/mol. The van der Waals surface area contributed by atoms with E-state index in [2.05, 4.69) is 31.1 Å². The Morgan fingerprint density at radius 3 is 2.20 bits per heavy atom. The number of likely N-dealkylation sites (N-methyl/N-ethyl adjacent to an activating group) is 2. The smallest absolute Gasteiger partial charge is 0.664 e. The molecule has 0 aromatic carbocycles. The third-order valence-corrected chi connectivity index (χ3v) is 1.56. The first kappa shape index (κ1) is 14.1. The van der Waals surface area contributed by atoms with E-state index in [0.717, 1.165) is 13.1 Å². The molecule has 0 unspecified atom stereocenters. The molecule has 0 saturated carbocycles. The first-order valence-electron chi connectivity index (χ1n) is 3.44. The Morgan fingerprint density at radius 1 is 1.40 bits per heavy atom. The summed E-state index contributed by atoms with van der Waals surface area (Å²) in [5, 5.41) is 4.02. The SMILES string of the molecule is C[N-]CCN(C)C(C)C.[K+]. The zero-order valence-electron chi connectivity index (χ0n) is 7.89. The number of rotatable bonds is 4. The van der Waals surface area contributed by atoms with Crippen LogP contribution in [0.3, 0.4) is 0 Å². The Hall–Kier alpha value is 1.56. The maximum absolute atomic E-state index is 4.02. The summed E-state index contributed by atoms with van der Waals surface area (Å²) in [6.07, 6.45) is 0. The summed E-state index contributed by atoms with van der Waals surface area (Å²) in [4.78, 5) is 2.28. The minimum absolute atomic E-state index is 0. The summed E-state index contributed by atoms with van der Waals surface area (Å²) >= 11 is 0. The molecule has 0 aliphatic heterocycles. The molecule has 0 fully saturated rings. The van der Waals surface area contributed by atoms with E-state index in [1.807, 2.05) is 7.05 Å². The average Bonchev–Trinajstić information content (AvgIpc) is 1.82. The van der Waals surface area contributed by atoms with Gasteiger partial charge in [0.25, 0.3) is 0 Å². The summed E-state index contributed by atoms with van der Waals surface area (Å²) in [6.45, 7) is 6.41. The molecule has 0 radical (unpaired) electrons. The van der Waals surface area contributed by atoms with Crippen molar-refractivity contribution in [2.24, 2.45) is 0 Å². The molecular formula is C7H17KN2. The molecule has 56 valence electrons. The summed E-state index contributed by atoms with van der Waals surface area (Å²) in [5.41, 5.74) is 0. The van der Waals surface area contributed by atoms with E-state index in [-0.39, 0.29) is 51.4 Å². The van der Waals surface area contributed by atoms with Crippen molar-refractivity contribution in [3.8, 4) is 0 Å². The number of hydrogen-bond donors (Lipinski definition) is 0. The van der Waals surface area contributed by atoms with Gasteiger partial charge in [0.05, 0.1) is 0 Å². The predicted octanol–water partition coefficient (Wildman–Crippen LogP) is -1.67. The van der Waals surface area contributed by atoms with E-state index in [0.29, 0.717) is 6.04 Å². The molecule has 0 aliphatic carbocycles. The fourth-order valence-electron chi connectivity index (χ4n) is 0.516. The van der Waals surface area contributed by atoms with Gasteiger partial charge in [0, 0.05) is 6.04 Å². The molecule has 0 bridgehead atoms. The summed E-state index contributed by atoms with van der Waals surface area (Å²) in [6, 6.07) is 0.645. The normalized spacial score (nSPS) is 10.2. The minimum atomic E-state index is 0. The Bertz CT molecular complexity index is 66.6. The Balaban J connectivity index is 0. The second-order valence-electron chi connectivity index (χ2n) is 2.61. The minimum Gasteiger partial charge on any atom is -0.664 e. The van der Waals surface area contributed by atoms with Crippen molar-refractivity contribution in [1.82, 2.24) is 4.90 Å². The van der Waals surface area contributed by atoms with Gasteiger partial charge in [-0.2, -0.15) is 7.05 Å². The second kappa shape index (κ2) is 8.65. The number of nitrogens with zero attached hydrogens (tertiary/aromatic N) is 2. The molecule has 0 amide bonds. The first-order chi connectivity index (χ1) is 4.18. The second-order valence-corrected chi connectivity index (χ2v) is 2.61. The van der Waals surface area contributed by atoms with Crippen LogP contribution in [-0.4, -0.2) is 38.1 Å². The third-order valence-electron chi connectivity index (χ3n) is 1.56. The molecule has 0 saturated heterocycles. The Morgan fingerprint density at radius 2 is 1.90 bits per heavy atom. The van der Waals surface area contributed by atoms with Crippen molar-refractivity contribution in [3.63, 3.8) is 0 Å². The van der Waals surface area contributed by atoms with Gasteiger partial charge in [-0.15, -0.1) is 6.54 Å². The Kier molecular flexibility index (Phi) is 12.2. The summed E-state index contributed by atoms with van der Waals surface area (Å²) in [5.74, 6) is 0. The van der Waals surface area contributed by atoms with E-state index in [1.54, 1.807) is 0 Å². The maximum atomic E-state index is 4.02. The zero-order valence-corrected chi connectivity index (χ0v) is 11.0. The standard InChI is InChI=1S/C7H17N2.K/c1-7(2)9(4)6-5-8-3;/h7H,5-6H2,1-4H3;/q-1;+1. The van der Waals surface area contributed by atoms with Crippen LogP contribution in [0.25, 0.3) is 5.32 Å². The van der Waals surface area contributed by atoms with Crippen LogP contribution in [0, 0.1) is 0 Å². The molecule has 0 heterocycles. The van der Waals surface area contributed by atoms with Crippen LogP contribution in [0.15, 0.2) is 0 Å². The van der Waals surface area contributed by atoms with Crippen molar-refractivity contribution in [3.05, 3.63) is 5.32 Å². The quantitative estimate of drug-likeness (QED) is 0.459. The van der Waals surface area contributed by atoms with Crippen molar-refractivity contribution in [1.29, 1.82) is 0 Å². The van der Waals surface area contributed by atoms with Crippen LogP contribution >= 0.6 is 0 Å². The zero-order chi connectivity index (χ0) is 7.28. The van der Waals surface area contributed by atoms with Gasteiger partial charge in [-0.1, -0.05) is 0 Å². The largest absolute Gasteiger partial charge is 1.00 e. The van der Waals surface area contributed by atoms with Crippen LogP contribution in [0.4, 0.5) is 0 Å². The topological polar surface area (TPSA) is 17.3 Å². The molecule has 0 rings (SSSR count). The van der Waals surface area contributed by atoms with Crippen molar-refractivity contribution in [2.45, 2.75) is 19.9 Å². The van der Waals surface area contributed by atoms with Crippen LogP contribution in [0.1, 0.15) is 13.8 Å². The van der Waals surface area contributed by atoms with Gasteiger partial charge in [0.1, 0.15) is 0 Å². The number of hydrogen-bond acceptors (Lipinski definition) is 1. The molecule has 0 aromatic heterocycles. The average molecular weight is 168 g/mol. The molecule has 0 atom stereocenters. The summed E-state index contributed by atoms with van der Waals surface area (Å²) < 4.78 is 0. The molecule has 0 aromatic rings. The van der Waals surface area contributed by atoms with Gasteiger partial charge in [0.2, 0.25) is 0 Å². The first-order valence-corrected chi connectivity index (χ1v) is 3.44. The summed E-state index contributed by atoms with van der Waals surface area (Å²) in [7, 11) is 3.98. The van der Waals surface area contributed by atoms with Crippen LogP contribution in [0.2, 0.25) is 0 Å². The van der Waals surface area contributed by atoms with Gasteiger partial charge < -0.3 is 10.2 Å². The van der Waals surface area contributed by atoms with Gasteiger partial charge >= 0.3 is 51.4 Å². The van der Waals surface area contributed by atoms with E-state index in [1.165, 1.54) is 0 Å². The van der Waals surface area contributed by atoms with Crippen molar-refractivity contribution < 1.29 is 51.4 Å². The fourth-order valence-corrected chi connectivity index (χ4v) is 0.516. The van der Waals surface area contributed by atoms with E-state index < -0.39 is 0 Å². The molecule has 0 N–H and O–H groups in total. The van der Waals surface area contributed by atoms with Gasteiger partial charge in [-0.3, -0.25) is 0 Å². The van der Waals surface area contributed by atoms with E-state index in [4.69, 9.17) is 0 Å². The molecule has 0 spiro atoms. The van der Waals surface area contributed by atoms with Crippen LogP contribution in [0.5, 0.6) is 0 Å². The third kappa shape index (κ3) is 7.66. The van der Waals surface area contributed by atoms with Crippen molar-refractivity contribution >= 4 is 0 Å².